The van der Waals surface area contributed by atoms with Gasteiger partial charge in [-0.3, -0.25) is 0 Å². The average molecular weight is 337 g/mol. The number of nitrogens with zero attached hydrogens (tertiary/aromatic N) is 4. The molecule has 0 saturated carbocycles. The number of hydrogen-bond donors (Lipinski definition) is 1. The molecule has 0 unspecified atom stereocenters. The Balaban J connectivity index is 2.04. The van der Waals surface area contributed by atoms with Gasteiger partial charge in [0, 0.05) is 18.2 Å². The minimum absolute atomic E-state index is 0.429. The van der Waals surface area contributed by atoms with Crippen LogP contribution in [0.5, 0.6) is 0 Å². The molecule has 2 heterocycles. The summed E-state index contributed by atoms with van der Waals surface area (Å²) in [5.41, 5.74) is 8.57. The largest absolute Gasteiger partial charge is 0.412 e. The van der Waals surface area contributed by atoms with Crippen LogP contribution in [0.3, 0.4) is 0 Å². The van der Waals surface area contributed by atoms with Crippen molar-refractivity contribution in [2.45, 2.75) is 45.4 Å². The number of anilines is 1. The van der Waals surface area contributed by atoms with Gasteiger partial charge in [0.05, 0.1) is 11.6 Å². The van der Waals surface area contributed by atoms with Crippen molar-refractivity contribution in [3.63, 3.8) is 0 Å². The van der Waals surface area contributed by atoms with Gasteiger partial charge in [-0.25, -0.2) is 9.97 Å². The lowest BCUT2D eigenvalue weighted by molar-refractivity contribution is 0.109. The van der Waals surface area contributed by atoms with E-state index in [1.54, 1.807) is 0 Å². The second-order valence-electron chi connectivity index (χ2n) is 6.09. The number of imidazole rings is 1. The van der Waals surface area contributed by atoms with Crippen LogP contribution in [0.1, 0.15) is 44.9 Å². The van der Waals surface area contributed by atoms with Crippen LogP contribution in [0.25, 0.3) is 21.9 Å². The molecule has 0 aliphatic carbocycles. The van der Waals surface area contributed by atoms with E-state index in [-0.39, 0.29) is 0 Å². The molecule has 0 saturated heterocycles. The first-order valence-corrected chi connectivity index (χ1v) is 8.82. The molecule has 130 valence electrons. The fourth-order valence-electron chi connectivity index (χ4n) is 2.92. The van der Waals surface area contributed by atoms with Crippen LogP contribution in [0.4, 0.5) is 5.82 Å². The van der Waals surface area contributed by atoms with Crippen LogP contribution in [0.15, 0.2) is 24.3 Å². The summed E-state index contributed by atoms with van der Waals surface area (Å²) < 4.78 is 1.83. The topological polar surface area (TPSA) is 89.8 Å². The number of fused-ring (bicyclic) bond motifs is 3. The van der Waals surface area contributed by atoms with Crippen LogP contribution in [0.2, 0.25) is 0 Å². The fourth-order valence-corrected chi connectivity index (χ4v) is 2.92. The Bertz CT molecular complexity index is 909. The summed E-state index contributed by atoms with van der Waals surface area (Å²) in [4.78, 5) is 15.2. The number of pyridine rings is 1. The van der Waals surface area contributed by atoms with Gasteiger partial charge in [0.1, 0.15) is 23.5 Å². The van der Waals surface area contributed by atoms with Gasteiger partial charge in [0.15, 0.2) is 5.82 Å². The smallest absolute Gasteiger partial charge is 0.152 e. The summed E-state index contributed by atoms with van der Waals surface area (Å²) in [6.07, 6.45) is 5.16. The van der Waals surface area contributed by atoms with Crippen molar-refractivity contribution in [2.75, 3.05) is 12.3 Å². The lowest BCUT2D eigenvalue weighted by atomic mass is 10.2. The predicted molar refractivity (Wildman–Crippen MR) is 99.0 cm³/mol. The van der Waals surface area contributed by atoms with E-state index in [1.807, 2.05) is 29.0 Å². The lowest BCUT2D eigenvalue weighted by Crippen LogP contribution is -2.16. The molecule has 0 radical (unpaired) electrons. The van der Waals surface area contributed by atoms with Gasteiger partial charge in [-0.1, -0.05) is 31.5 Å². The molecule has 0 atom stereocenters. The highest BCUT2D eigenvalue weighted by atomic mass is 16.7. The Hall–Kier alpha value is -2.81. The minimum Gasteiger partial charge on any atom is -0.412 e. The van der Waals surface area contributed by atoms with E-state index in [0.29, 0.717) is 24.4 Å². The van der Waals surface area contributed by atoms with Gasteiger partial charge in [-0.15, -0.1) is 0 Å². The maximum atomic E-state index is 8.65. The molecule has 0 aliphatic heterocycles. The third-order valence-electron chi connectivity index (χ3n) is 4.20. The van der Waals surface area contributed by atoms with Gasteiger partial charge >= 0.3 is 0 Å². The van der Waals surface area contributed by atoms with Gasteiger partial charge < -0.3 is 10.6 Å². The number of hydrogen-bond acceptors (Lipinski definition) is 5. The monoisotopic (exact) mass is 337 g/mol. The van der Waals surface area contributed by atoms with Crippen molar-refractivity contribution >= 4 is 27.8 Å². The van der Waals surface area contributed by atoms with Gasteiger partial charge in [0.25, 0.3) is 0 Å². The van der Waals surface area contributed by atoms with E-state index in [2.05, 4.69) is 18.0 Å². The third kappa shape index (κ3) is 3.50. The molecule has 2 N–H and O–H groups in total. The van der Waals surface area contributed by atoms with Gasteiger partial charge in [0.2, 0.25) is 0 Å². The highest BCUT2D eigenvalue weighted by molar-refractivity contribution is 6.06. The Morgan fingerprint density at radius 3 is 2.84 bits per heavy atom. The first-order valence-electron chi connectivity index (χ1n) is 8.82. The van der Waals surface area contributed by atoms with E-state index >= 15 is 0 Å². The molecule has 0 bridgehead atoms. The van der Waals surface area contributed by atoms with Crippen molar-refractivity contribution < 1.29 is 4.84 Å². The second kappa shape index (κ2) is 7.84. The zero-order chi connectivity index (χ0) is 17.6. The Morgan fingerprint density at radius 1 is 1.20 bits per heavy atom. The van der Waals surface area contributed by atoms with Crippen LogP contribution in [-0.2, 0) is 6.42 Å². The number of nitriles is 1. The second-order valence-corrected chi connectivity index (χ2v) is 6.09. The van der Waals surface area contributed by atoms with Crippen LogP contribution in [0, 0.1) is 11.3 Å². The third-order valence-corrected chi connectivity index (χ3v) is 4.20. The maximum Gasteiger partial charge on any atom is 0.152 e. The fraction of sp³-hybridized carbons (Fsp3) is 0.421. The Kier molecular flexibility index (Phi) is 5.34. The lowest BCUT2D eigenvalue weighted by Gasteiger charge is -2.12. The van der Waals surface area contributed by atoms with Gasteiger partial charge in [-0.2, -0.15) is 9.99 Å². The molecular weight excluding hydrogens is 314 g/mol. The zero-order valence-electron chi connectivity index (χ0n) is 14.5. The van der Waals surface area contributed by atoms with Crippen LogP contribution in [-0.4, -0.2) is 21.3 Å². The van der Waals surface area contributed by atoms with Crippen molar-refractivity contribution in [3.8, 4) is 6.07 Å². The number of aromatic nitrogens is 3. The minimum atomic E-state index is 0.429. The Morgan fingerprint density at radius 2 is 2.04 bits per heavy atom. The molecule has 0 spiro atoms. The van der Waals surface area contributed by atoms with E-state index in [4.69, 9.17) is 20.8 Å². The quantitative estimate of drug-likeness (QED) is 0.634. The summed E-state index contributed by atoms with van der Waals surface area (Å²) in [5, 5.41) is 9.64. The van der Waals surface area contributed by atoms with Gasteiger partial charge in [-0.05, 0) is 25.3 Å². The molecule has 6 nitrogen and oxygen atoms in total. The number of unbranched alkanes of at least 4 members (excludes halogenated alkanes) is 3. The number of nitrogens with two attached hydrogens (primary N) is 1. The number of rotatable bonds is 8. The highest BCUT2D eigenvalue weighted by Crippen LogP contribution is 2.28. The van der Waals surface area contributed by atoms with E-state index in [9.17, 15) is 0 Å². The standard InChI is InChI=1S/C19H23N5O/c1-2-3-11-16-23-17-18(24(16)25-13-8-4-7-12-20)14-9-5-6-10-15(14)22-19(17)21/h5-6,9-10H,2-4,7-8,11,13H2,1H3,(H2,21,22). The van der Waals surface area contributed by atoms with Crippen LogP contribution < -0.4 is 10.6 Å². The average Bonchev–Trinajstić information content (AvgIpc) is 2.99. The molecule has 0 fully saturated rings. The summed E-state index contributed by atoms with van der Waals surface area (Å²) in [5.74, 6) is 1.31. The zero-order valence-corrected chi connectivity index (χ0v) is 14.5. The van der Waals surface area contributed by atoms with Crippen molar-refractivity contribution in [1.82, 2.24) is 14.7 Å². The highest BCUT2D eigenvalue weighted by Gasteiger charge is 2.18. The summed E-state index contributed by atoms with van der Waals surface area (Å²) >= 11 is 0. The molecule has 3 aromatic rings. The number of aryl methyl sites for hydroxylation is 1. The SMILES string of the molecule is CCCCc1nc2c(N)nc3ccccc3c2n1OCCCCC#N. The van der Waals surface area contributed by atoms with E-state index < -0.39 is 0 Å². The predicted octanol–water partition coefficient (Wildman–Crippen LogP) is 3.63. The van der Waals surface area contributed by atoms with E-state index in [0.717, 1.165) is 54.3 Å². The van der Waals surface area contributed by atoms with Crippen molar-refractivity contribution in [2.24, 2.45) is 0 Å². The summed E-state index contributed by atoms with van der Waals surface area (Å²) in [6, 6.07) is 10.1. The molecule has 25 heavy (non-hydrogen) atoms. The normalized spacial score (nSPS) is 11.0. The molecule has 0 aliphatic rings. The number of para-hydroxylation sites is 1. The van der Waals surface area contributed by atoms with E-state index in [1.165, 1.54) is 0 Å². The molecular formula is C19H23N5O. The van der Waals surface area contributed by atoms with Crippen LogP contribution >= 0.6 is 0 Å². The Labute approximate surface area is 147 Å². The number of benzene rings is 1. The molecule has 2 aromatic heterocycles. The maximum absolute atomic E-state index is 8.65. The number of nitrogen functional groups attached to an aromatic ring is 1. The molecule has 6 heteroatoms. The molecule has 0 amide bonds. The first-order chi connectivity index (χ1) is 12.3. The molecule has 1 aromatic carbocycles. The first kappa shape index (κ1) is 17.0. The van der Waals surface area contributed by atoms with Crippen molar-refractivity contribution in [1.29, 1.82) is 5.26 Å². The molecule has 3 rings (SSSR count). The summed E-state index contributed by atoms with van der Waals surface area (Å²) in [6.45, 7) is 2.70. The van der Waals surface area contributed by atoms with Crippen molar-refractivity contribution in [3.05, 3.63) is 30.1 Å². The summed E-state index contributed by atoms with van der Waals surface area (Å²) in [7, 11) is 0.